The molecule has 6 heteroatoms. The van der Waals surface area contributed by atoms with Gasteiger partial charge in [-0.15, -0.1) is 11.3 Å². The van der Waals surface area contributed by atoms with E-state index in [1.807, 2.05) is 30.3 Å². The van der Waals surface area contributed by atoms with E-state index in [-0.39, 0.29) is 17.0 Å². The van der Waals surface area contributed by atoms with Crippen molar-refractivity contribution in [3.8, 4) is 11.3 Å². The first-order chi connectivity index (χ1) is 12.9. The highest BCUT2D eigenvalue weighted by molar-refractivity contribution is 7.07. The second-order valence-corrected chi connectivity index (χ2v) is 7.16. The van der Waals surface area contributed by atoms with Crippen LogP contribution in [0, 0.1) is 0 Å². The Morgan fingerprint density at radius 2 is 1.56 bits per heavy atom. The van der Waals surface area contributed by atoms with Crippen LogP contribution in [0.15, 0.2) is 71.0 Å². The van der Waals surface area contributed by atoms with E-state index >= 15 is 0 Å². The molecule has 4 nitrogen and oxygen atoms in total. The molecule has 0 bridgehead atoms. The Balaban J connectivity index is 0.00000210. The first-order valence-corrected chi connectivity index (χ1v) is 9.92. The van der Waals surface area contributed by atoms with Crippen molar-refractivity contribution in [2.24, 2.45) is 4.99 Å². The van der Waals surface area contributed by atoms with Gasteiger partial charge in [0.15, 0.2) is 4.80 Å². The van der Waals surface area contributed by atoms with Crippen LogP contribution >= 0.6 is 11.3 Å². The van der Waals surface area contributed by atoms with Gasteiger partial charge >= 0.3 is 0 Å². The number of morpholine rings is 1. The lowest BCUT2D eigenvalue weighted by Crippen LogP contribution is -3.00. The van der Waals surface area contributed by atoms with Gasteiger partial charge in [0.25, 0.3) is 0 Å². The van der Waals surface area contributed by atoms with E-state index in [9.17, 15) is 0 Å². The Kier molecular flexibility index (Phi) is 7.41. The molecule has 0 unspecified atom stereocenters. The van der Waals surface area contributed by atoms with Gasteiger partial charge in [0.2, 0.25) is 0 Å². The van der Waals surface area contributed by atoms with Gasteiger partial charge < -0.3 is 26.3 Å². The van der Waals surface area contributed by atoms with E-state index in [1.165, 1.54) is 11.3 Å². The first kappa shape index (κ1) is 20.0. The van der Waals surface area contributed by atoms with Gasteiger partial charge in [0, 0.05) is 31.6 Å². The fraction of sp³-hybridized carbons (Fsp3) is 0.286. The Labute approximate surface area is 174 Å². The summed E-state index contributed by atoms with van der Waals surface area (Å²) in [4.78, 5) is 8.40. The van der Waals surface area contributed by atoms with E-state index in [0.29, 0.717) is 0 Å². The number of halogens is 1. The van der Waals surface area contributed by atoms with E-state index in [2.05, 4.69) is 45.2 Å². The molecule has 2 aromatic carbocycles. The number of nitrogens with zero attached hydrogens (tertiary/aromatic N) is 3. The normalized spacial score (nSPS) is 15.5. The first-order valence-electron chi connectivity index (χ1n) is 9.04. The molecule has 0 spiro atoms. The summed E-state index contributed by atoms with van der Waals surface area (Å²) in [7, 11) is 0. The SMILES string of the molecule is [Br-].c1ccc(N=c2scc(-c3ccccc3)n2CCN2CCOCC2)cc1. The summed E-state index contributed by atoms with van der Waals surface area (Å²) >= 11 is 1.71. The van der Waals surface area contributed by atoms with Crippen molar-refractivity contribution in [1.29, 1.82) is 0 Å². The average molecular weight is 445 g/mol. The third-order valence-corrected chi connectivity index (χ3v) is 5.46. The maximum absolute atomic E-state index is 5.47. The van der Waals surface area contributed by atoms with Crippen LogP contribution in [-0.2, 0) is 11.3 Å². The van der Waals surface area contributed by atoms with Gasteiger partial charge in [-0.2, -0.15) is 0 Å². The molecular formula is C21H23BrN3OS-. The van der Waals surface area contributed by atoms with Crippen molar-refractivity contribution in [2.75, 3.05) is 32.8 Å². The Morgan fingerprint density at radius 1 is 0.889 bits per heavy atom. The van der Waals surface area contributed by atoms with Gasteiger partial charge in [-0.05, 0) is 17.7 Å². The van der Waals surface area contributed by atoms with Crippen LogP contribution < -0.4 is 21.8 Å². The average Bonchev–Trinajstić information content (AvgIpc) is 3.11. The van der Waals surface area contributed by atoms with E-state index < -0.39 is 0 Å². The summed E-state index contributed by atoms with van der Waals surface area (Å²) in [5.74, 6) is 0. The molecule has 1 aliphatic rings. The molecule has 0 atom stereocenters. The smallest absolute Gasteiger partial charge is 0.190 e. The number of rotatable bonds is 5. The predicted molar refractivity (Wildman–Crippen MR) is 107 cm³/mol. The lowest BCUT2D eigenvalue weighted by molar-refractivity contribution is -0.00000678. The molecule has 2 heterocycles. The summed E-state index contributed by atoms with van der Waals surface area (Å²) in [6.45, 7) is 5.64. The van der Waals surface area contributed by atoms with E-state index in [1.54, 1.807) is 11.3 Å². The molecule has 3 aromatic rings. The lowest BCUT2D eigenvalue weighted by atomic mass is 10.2. The summed E-state index contributed by atoms with van der Waals surface area (Å²) in [5, 5.41) is 2.22. The zero-order valence-corrected chi connectivity index (χ0v) is 17.5. The monoisotopic (exact) mass is 444 g/mol. The van der Waals surface area contributed by atoms with Crippen LogP contribution in [0.4, 0.5) is 5.69 Å². The second kappa shape index (κ2) is 9.99. The minimum absolute atomic E-state index is 0. The zero-order chi connectivity index (χ0) is 17.6. The van der Waals surface area contributed by atoms with Crippen LogP contribution in [0.25, 0.3) is 11.3 Å². The molecule has 4 rings (SSSR count). The Hall–Kier alpha value is -1.73. The minimum atomic E-state index is 0. The van der Waals surface area contributed by atoms with Gasteiger partial charge in [-0.25, -0.2) is 4.99 Å². The fourth-order valence-electron chi connectivity index (χ4n) is 3.15. The number of ether oxygens (including phenoxy) is 1. The van der Waals surface area contributed by atoms with Crippen LogP contribution in [0.2, 0.25) is 0 Å². The van der Waals surface area contributed by atoms with Crippen LogP contribution in [0.1, 0.15) is 0 Å². The topological polar surface area (TPSA) is 29.8 Å². The van der Waals surface area contributed by atoms with Crippen LogP contribution in [0.5, 0.6) is 0 Å². The summed E-state index contributed by atoms with van der Waals surface area (Å²) < 4.78 is 7.82. The number of thiazole rings is 1. The highest BCUT2D eigenvalue weighted by atomic mass is 79.9. The highest BCUT2D eigenvalue weighted by Gasteiger charge is 2.13. The maximum atomic E-state index is 5.47. The van der Waals surface area contributed by atoms with Gasteiger partial charge in [-0.3, -0.25) is 4.90 Å². The van der Waals surface area contributed by atoms with Gasteiger partial charge in [0.1, 0.15) is 0 Å². The molecule has 0 N–H and O–H groups in total. The molecule has 0 amide bonds. The molecule has 1 aliphatic heterocycles. The second-order valence-electron chi connectivity index (χ2n) is 6.32. The van der Waals surface area contributed by atoms with Crippen molar-refractivity contribution in [1.82, 2.24) is 9.47 Å². The zero-order valence-electron chi connectivity index (χ0n) is 15.1. The molecule has 0 saturated carbocycles. The lowest BCUT2D eigenvalue weighted by Gasteiger charge is -2.26. The van der Waals surface area contributed by atoms with Gasteiger partial charge in [0.05, 0.1) is 24.6 Å². The molecule has 1 aromatic heterocycles. The number of benzene rings is 2. The third-order valence-electron chi connectivity index (χ3n) is 4.59. The van der Waals surface area contributed by atoms with Crippen LogP contribution in [-0.4, -0.2) is 42.3 Å². The third kappa shape index (κ3) is 5.17. The van der Waals surface area contributed by atoms with Crippen molar-refractivity contribution in [2.45, 2.75) is 6.54 Å². The van der Waals surface area contributed by atoms with Crippen molar-refractivity contribution >= 4 is 17.0 Å². The van der Waals surface area contributed by atoms with E-state index in [0.717, 1.165) is 49.9 Å². The van der Waals surface area contributed by atoms with Crippen molar-refractivity contribution in [3.05, 3.63) is 70.8 Å². The maximum Gasteiger partial charge on any atom is 0.190 e. The summed E-state index contributed by atoms with van der Waals surface area (Å²) in [6, 6.07) is 20.8. The number of hydrogen-bond donors (Lipinski definition) is 0. The standard InChI is InChI=1S/C21H23N3OS.BrH/c1-3-7-18(8-4-1)20-17-26-21(22-19-9-5-2-6-10-19)24(20)12-11-23-13-15-25-16-14-23;/h1-10,17H,11-16H2;1H/p-1. The highest BCUT2D eigenvalue weighted by Crippen LogP contribution is 2.20. The minimum Gasteiger partial charge on any atom is -1.00 e. The van der Waals surface area contributed by atoms with Crippen molar-refractivity contribution in [3.63, 3.8) is 0 Å². The molecular weight excluding hydrogens is 422 g/mol. The van der Waals surface area contributed by atoms with Crippen LogP contribution in [0.3, 0.4) is 0 Å². The van der Waals surface area contributed by atoms with Gasteiger partial charge in [-0.1, -0.05) is 48.5 Å². The molecule has 27 heavy (non-hydrogen) atoms. The molecule has 0 radical (unpaired) electrons. The predicted octanol–water partition coefficient (Wildman–Crippen LogP) is 0.785. The Bertz CT molecular complexity index is 887. The molecule has 1 saturated heterocycles. The molecule has 142 valence electrons. The largest absolute Gasteiger partial charge is 1.00 e. The number of hydrogen-bond acceptors (Lipinski definition) is 4. The number of aromatic nitrogens is 1. The fourth-order valence-corrected chi connectivity index (χ4v) is 4.11. The molecule has 1 fully saturated rings. The van der Waals surface area contributed by atoms with Crippen molar-refractivity contribution < 1.29 is 21.7 Å². The quantitative estimate of drug-likeness (QED) is 0.582. The Morgan fingerprint density at radius 3 is 2.26 bits per heavy atom. The van der Waals surface area contributed by atoms with E-state index in [4.69, 9.17) is 9.73 Å². The molecule has 0 aliphatic carbocycles. The summed E-state index contributed by atoms with van der Waals surface area (Å²) in [6.07, 6.45) is 0. The summed E-state index contributed by atoms with van der Waals surface area (Å²) in [5.41, 5.74) is 3.47. The number of para-hydroxylation sites is 1.